The topological polar surface area (TPSA) is 235 Å². The molecule has 4 amide bonds. The van der Waals surface area contributed by atoms with Crippen LogP contribution in [0.15, 0.2) is 72.8 Å². The highest BCUT2D eigenvalue weighted by Gasteiger charge is 2.82. The van der Waals surface area contributed by atoms with Crippen molar-refractivity contribution in [3.05, 3.63) is 101 Å². The van der Waals surface area contributed by atoms with Gasteiger partial charge < -0.3 is 37.3 Å². The average molecular weight is 930 g/mol. The summed E-state index contributed by atoms with van der Waals surface area (Å²) < 4.78 is 53.9. The lowest BCUT2D eigenvalue weighted by Crippen LogP contribution is -2.79. The van der Waals surface area contributed by atoms with E-state index < -0.39 is 110 Å². The number of nitrogens with two attached hydrogens (primary N) is 4. The maximum atomic E-state index is 14.9. The van der Waals surface area contributed by atoms with Crippen LogP contribution in [-0.2, 0) is 56.7 Å². The number of carbonyl (C=O) groups excluding carboxylic acids is 6. The van der Waals surface area contributed by atoms with Gasteiger partial charge in [0.1, 0.15) is 12.1 Å². The van der Waals surface area contributed by atoms with Gasteiger partial charge in [0.15, 0.2) is 0 Å². The SMILES string of the molecule is CC1CC([C@]23c4ccc(cc4)C2(C(N)=O)CCN3C(C(=O)OC(N)=O)C(C)(C)C)N(c2ccc(C(F)(F)F)cc2)[C@]1(C)[C@]12c3ccc(cc3)C1(C(N)=O)CCN2C(C(=O)OC(N)=O)C(C)(C)C. The third-order valence-corrected chi connectivity index (χ3v) is 16.2. The Morgan fingerprint density at radius 1 is 0.627 bits per heavy atom. The first-order chi connectivity index (χ1) is 31.0. The van der Waals surface area contributed by atoms with E-state index >= 15 is 0 Å². The summed E-state index contributed by atoms with van der Waals surface area (Å²) in [5.41, 5.74) is 15.7. The Kier molecular flexibility index (Phi) is 10.6. The first-order valence-electron chi connectivity index (χ1n) is 22.4. The van der Waals surface area contributed by atoms with Crippen molar-refractivity contribution in [1.82, 2.24) is 9.80 Å². The molecule has 0 saturated carbocycles. The number of alkyl halides is 3. The molecule has 0 spiro atoms. The number of benzene rings is 3. The van der Waals surface area contributed by atoms with Gasteiger partial charge in [-0.2, -0.15) is 13.2 Å². The van der Waals surface area contributed by atoms with E-state index in [4.69, 9.17) is 32.4 Å². The molecular formula is C49H58F3N7O8. The van der Waals surface area contributed by atoms with Crippen molar-refractivity contribution in [1.29, 1.82) is 0 Å². The molecule has 18 heteroatoms. The van der Waals surface area contributed by atoms with E-state index in [2.05, 4.69) is 0 Å². The fourth-order valence-electron chi connectivity index (χ4n) is 14.1. The lowest BCUT2D eigenvalue weighted by Gasteiger charge is -2.67. The van der Waals surface area contributed by atoms with Crippen LogP contribution >= 0.6 is 0 Å². The van der Waals surface area contributed by atoms with Gasteiger partial charge in [0.25, 0.3) is 0 Å². The van der Waals surface area contributed by atoms with Crippen LogP contribution in [-0.4, -0.2) is 82.5 Å². The van der Waals surface area contributed by atoms with Gasteiger partial charge in [-0.15, -0.1) is 0 Å². The van der Waals surface area contributed by atoms with Crippen LogP contribution in [0, 0.1) is 16.7 Å². The minimum absolute atomic E-state index is 0.0389. The van der Waals surface area contributed by atoms with Gasteiger partial charge >= 0.3 is 30.3 Å². The van der Waals surface area contributed by atoms with Crippen molar-refractivity contribution in [3.8, 4) is 0 Å². The summed E-state index contributed by atoms with van der Waals surface area (Å²) >= 11 is 0. The number of rotatable bonds is 9. The molecule has 3 aromatic carbocycles. The van der Waals surface area contributed by atoms with Crippen LogP contribution in [0.1, 0.15) is 102 Å². The fraction of sp³-hybridized carbons (Fsp3) is 0.510. The maximum Gasteiger partial charge on any atom is 0.416 e. The summed E-state index contributed by atoms with van der Waals surface area (Å²) in [6.07, 6.45) is -7.15. The number of amides is 4. The second kappa shape index (κ2) is 15.0. The van der Waals surface area contributed by atoms with Gasteiger partial charge in [-0.25, -0.2) is 19.2 Å². The molecule has 3 fully saturated rings. The number of carbonyl (C=O) groups is 6. The Bertz CT molecular complexity index is 2580. The number of likely N-dealkylation sites (tertiary alicyclic amines) is 2. The number of fused-ring (bicyclic) bond motifs is 4. The molecule has 15 nitrogen and oxygen atoms in total. The number of primary amides is 4. The third kappa shape index (κ3) is 6.02. The predicted octanol–water partition coefficient (Wildman–Crippen LogP) is 5.43. The molecule has 9 atom stereocenters. The standard InChI is InChI=1S/C49H58F3N7O8/c1-26-25-33(47-29-13-9-27(10-14-29)45(47,38(53)62)21-23-57(47)34(42(2,3)4)36(60)66-40(55)64)59(32-19-17-31(18-20-32)49(50,51)52)44(26,8)48-30-15-11-28(12-16-30)46(48,39(54)63)22-24-58(48)35(43(5,6)7)37(61)67-41(56)65/h9-20,26,33-35H,21-25H2,1-8H3,(H2,53,62)(H2,54,63)(H2,55,64)(H2,56,65)/t26?,33?,34?,35?,44-,45?,46?,47+,48+/m0/s1. The van der Waals surface area contributed by atoms with E-state index in [1.807, 2.05) is 52.8 Å². The van der Waals surface area contributed by atoms with Crippen molar-refractivity contribution in [2.45, 2.75) is 126 Å². The molecule has 6 unspecified atom stereocenters. The summed E-state index contributed by atoms with van der Waals surface area (Å²) in [4.78, 5) is 89.3. The predicted molar refractivity (Wildman–Crippen MR) is 238 cm³/mol. The Morgan fingerprint density at radius 2 is 1.04 bits per heavy atom. The largest absolute Gasteiger partial charge is 0.416 e. The van der Waals surface area contributed by atoms with Crippen LogP contribution in [0.2, 0.25) is 0 Å². The summed E-state index contributed by atoms with van der Waals surface area (Å²) in [5.74, 6) is -4.09. The lowest BCUT2D eigenvalue weighted by molar-refractivity contribution is -0.158. The number of hydrogen-bond donors (Lipinski definition) is 4. The van der Waals surface area contributed by atoms with Crippen molar-refractivity contribution >= 4 is 41.6 Å². The molecule has 3 aromatic rings. The highest BCUT2D eigenvalue weighted by molar-refractivity contribution is 5.95. The molecule has 3 aliphatic heterocycles. The third-order valence-electron chi connectivity index (χ3n) is 16.2. The van der Waals surface area contributed by atoms with Crippen LogP contribution in [0.25, 0.3) is 0 Å². The Hall–Kier alpha value is -6.01. The molecule has 67 heavy (non-hydrogen) atoms. The monoisotopic (exact) mass is 929 g/mol. The van der Waals surface area contributed by atoms with Crippen molar-refractivity contribution < 1.29 is 51.4 Å². The summed E-state index contributed by atoms with van der Waals surface area (Å²) in [6.45, 7) is 14.6. The Labute approximate surface area is 386 Å². The highest BCUT2D eigenvalue weighted by Crippen LogP contribution is 2.72. The second-order valence-corrected chi connectivity index (χ2v) is 21.3. The zero-order valence-corrected chi connectivity index (χ0v) is 38.8. The first kappa shape index (κ1) is 47.5. The Balaban J connectivity index is 1.53. The zero-order valence-electron chi connectivity index (χ0n) is 38.8. The molecule has 4 aliphatic carbocycles. The van der Waals surface area contributed by atoms with E-state index in [1.165, 1.54) is 12.1 Å². The quantitative estimate of drug-likeness (QED) is 0.156. The smallest absolute Gasteiger partial charge is 0.375 e. The normalized spacial score (nSPS) is 30.9. The molecule has 3 saturated heterocycles. The van der Waals surface area contributed by atoms with E-state index in [0.717, 1.165) is 12.1 Å². The molecular weight excluding hydrogens is 872 g/mol. The van der Waals surface area contributed by atoms with Gasteiger partial charge in [-0.05, 0) is 89.5 Å². The van der Waals surface area contributed by atoms with Crippen LogP contribution < -0.4 is 27.8 Å². The fourth-order valence-corrected chi connectivity index (χ4v) is 14.1. The van der Waals surface area contributed by atoms with Crippen molar-refractivity contribution in [2.75, 3.05) is 18.0 Å². The lowest BCUT2D eigenvalue weighted by atomic mass is 9.49. The van der Waals surface area contributed by atoms with Crippen LogP contribution in [0.5, 0.6) is 0 Å². The number of halogens is 3. The molecule has 0 aromatic heterocycles. The van der Waals surface area contributed by atoms with Gasteiger partial charge in [-0.3, -0.25) is 19.4 Å². The van der Waals surface area contributed by atoms with Crippen LogP contribution in [0.4, 0.5) is 28.4 Å². The molecule has 0 radical (unpaired) electrons. The van der Waals surface area contributed by atoms with E-state index in [1.54, 1.807) is 65.8 Å². The number of ether oxygens (including phenoxy) is 2. The van der Waals surface area contributed by atoms with Crippen molar-refractivity contribution in [3.63, 3.8) is 0 Å². The average Bonchev–Trinajstić information content (AvgIpc) is 3.87. The molecule has 7 aliphatic rings. The number of nitrogens with zero attached hydrogens (tertiary/aromatic N) is 3. The molecule has 8 N–H and O–H groups in total. The van der Waals surface area contributed by atoms with Gasteiger partial charge in [0, 0.05) is 18.8 Å². The van der Waals surface area contributed by atoms with Gasteiger partial charge in [-0.1, -0.05) is 97.0 Å². The number of anilines is 1. The van der Waals surface area contributed by atoms with Crippen molar-refractivity contribution in [2.24, 2.45) is 39.7 Å². The first-order valence-corrected chi connectivity index (χ1v) is 22.4. The summed E-state index contributed by atoms with van der Waals surface area (Å²) in [6, 6.07) is 15.6. The van der Waals surface area contributed by atoms with Gasteiger partial charge in [0.05, 0.1) is 39.1 Å². The second-order valence-electron chi connectivity index (χ2n) is 21.3. The number of hydrogen-bond acceptors (Lipinski definition) is 11. The number of esters is 2. The highest BCUT2D eigenvalue weighted by atomic mass is 19.4. The Morgan fingerprint density at radius 3 is 1.49 bits per heavy atom. The molecule has 4 bridgehead atoms. The summed E-state index contributed by atoms with van der Waals surface area (Å²) in [7, 11) is 0. The minimum atomic E-state index is -4.74. The molecule has 10 rings (SSSR count). The summed E-state index contributed by atoms with van der Waals surface area (Å²) in [5, 5.41) is 0. The van der Waals surface area contributed by atoms with Crippen LogP contribution in [0.3, 0.4) is 0 Å². The molecule has 358 valence electrons. The maximum absolute atomic E-state index is 14.9. The van der Waals surface area contributed by atoms with E-state index in [9.17, 15) is 41.9 Å². The minimum Gasteiger partial charge on any atom is -0.375 e. The van der Waals surface area contributed by atoms with Gasteiger partial charge in [0.2, 0.25) is 11.8 Å². The van der Waals surface area contributed by atoms with E-state index in [-0.39, 0.29) is 38.0 Å². The van der Waals surface area contributed by atoms with E-state index in [0.29, 0.717) is 22.3 Å². The molecule has 3 heterocycles. The zero-order chi connectivity index (χ0) is 49.4.